The Hall–Kier alpha value is -6.83. The number of ketones is 1. The van der Waals surface area contributed by atoms with E-state index in [1.165, 1.54) is 0 Å². The highest BCUT2D eigenvalue weighted by Gasteiger charge is 2.33. The standard InChI is InChI=1S/C65H102IN9O13.CO2/c1-14-15-16-22-47(57(79)71-51(58(80)87-64(8,9)10)25-17-19-34-67-55(77)41-45-27-29-48(66)30-28-45)43-50(76)33-37-84-39-40-85-38-36-75-53(44-69-74-75)46-23-21-24-49(42-46)70-60(82)68-35-20-18-26-52(59(81)88-65(11,12)13)72-61(83)73-54(62(2,3)4)31-32-56(78)86-63(5,6)7;2-1-3/h21,23-24,27-30,42,44,47,51-52,54H,14-20,22,25-26,31-41,43H2,1-13H3,(H,67,77)(H,71,79)(H2,68,70,82)(H2,72,73,83);/t47-,51+,52+,54+;/m1./s1. The van der Waals surface area contributed by atoms with E-state index < -0.39 is 70.3 Å². The van der Waals surface area contributed by atoms with Gasteiger partial charge in [0.2, 0.25) is 11.8 Å². The molecule has 508 valence electrons. The Morgan fingerprint density at radius 1 is 0.626 bits per heavy atom. The zero-order valence-electron chi connectivity index (χ0n) is 55.9. The summed E-state index contributed by atoms with van der Waals surface area (Å²) < 4.78 is 31.1. The molecule has 3 rings (SSSR count). The van der Waals surface area contributed by atoms with E-state index in [9.17, 15) is 38.4 Å². The minimum Gasteiger partial charge on any atom is -0.460 e. The molecular formula is C66H102IN9O15. The molecule has 0 aliphatic carbocycles. The molecule has 24 nitrogen and oxygen atoms in total. The molecule has 25 heteroatoms. The number of hydrogen-bond donors (Lipinski definition) is 6. The first-order valence-corrected chi connectivity index (χ1v) is 32.6. The maximum absolute atomic E-state index is 13.8. The number of carbonyl (C=O) groups excluding carboxylic acids is 10. The fraction of sp³-hybridized carbons (Fsp3) is 0.652. The van der Waals surface area contributed by atoms with Crippen molar-refractivity contribution in [3.63, 3.8) is 0 Å². The zero-order chi connectivity index (χ0) is 68.2. The summed E-state index contributed by atoms with van der Waals surface area (Å²) in [5, 5.41) is 25.6. The van der Waals surface area contributed by atoms with Gasteiger partial charge in [-0.05, 0) is 172 Å². The van der Waals surface area contributed by atoms with Crippen molar-refractivity contribution in [2.24, 2.45) is 11.3 Å². The SMILES string of the molecule is CCCCC[C@H](CC(=O)CCOCCOCCn1nncc1-c1cccc(NC(=O)NCCCC[C@H](NC(=O)N[C@@H](CCC(=O)OC(C)(C)C)C(C)(C)C)C(=O)OC(C)(C)C)c1)C(=O)N[C@@H](CCCCNC(=O)Cc1ccc(I)cc1)C(=O)OC(C)(C)C.O=C=O. The molecule has 1 aromatic heterocycles. The molecule has 6 amide bonds. The molecule has 0 aliphatic rings. The molecule has 0 bridgehead atoms. The van der Waals surface area contributed by atoms with Crippen LogP contribution in [-0.4, -0.2) is 143 Å². The smallest absolute Gasteiger partial charge is 0.373 e. The van der Waals surface area contributed by atoms with Crippen LogP contribution in [0.2, 0.25) is 0 Å². The van der Waals surface area contributed by atoms with Crippen LogP contribution in [0.15, 0.2) is 54.7 Å². The predicted octanol–water partition coefficient (Wildman–Crippen LogP) is 9.74. The summed E-state index contributed by atoms with van der Waals surface area (Å²) in [6.45, 7) is 25.9. The fourth-order valence-electron chi connectivity index (χ4n) is 9.08. The van der Waals surface area contributed by atoms with Gasteiger partial charge in [-0.3, -0.25) is 19.2 Å². The van der Waals surface area contributed by atoms with E-state index in [0.29, 0.717) is 82.6 Å². The van der Waals surface area contributed by atoms with Gasteiger partial charge in [-0.15, -0.1) is 5.10 Å². The molecule has 4 atom stereocenters. The van der Waals surface area contributed by atoms with Gasteiger partial charge in [-0.25, -0.2) is 23.9 Å². The number of carbonyl (C=O) groups is 8. The molecule has 91 heavy (non-hydrogen) atoms. The van der Waals surface area contributed by atoms with Gasteiger partial charge >= 0.3 is 36.1 Å². The van der Waals surface area contributed by atoms with Crippen molar-refractivity contribution in [3.8, 4) is 11.3 Å². The molecular weight excluding hydrogens is 1290 g/mol. The second-order valence-corrected chi connectivity index (χ2v) is 27.5. The first-order valence-electron chi connectivity index (χ1n) is 31.5. The average molecular weight is 1390 g/mol. The number of nitrogens with zero attached hydrogens (tertiary/aromatic N) is 3. The van der Waals surface area contributed by atoms with E-state index in [2.05, 4.69) is 71.7 Å². The Kier molecular flexibility index (Phi) is 36.7. The summed E-state index contributed by atoms with van der Waals surface area (Å²) in [5.74, 6) is -2.68. The molecule has 2 aromatic carbocycles. The Labute approximate surface area is 551 Å². The van der Waals surface area contributed by atoms with Crippen LogP contribution in [0.3, 0.4) is 0 Å². The molecule has 3 aromatic rings. The molecule has 0 radical (unpaired) electrons. The van der Waals surface area contributed by atoms with Crippen LogP contribution in [0.1, 0.15) is 185 Å². The van der Waals surface area contributed by atoms with Crippen molar-refractivity contribution in [2.75, 3.05) is 44.8 Å². The Balaban J connectivity index is 0.00000921. The highest BCUT2D eigenvalue weighted by Crippen LogP contribution is 2.26. The van der Waals surface area contributed by atoms with Crippen molar-refractivity contribution in [2.45, 2.75) is 228 Å². The number of rotatable bonds is 38. The van der Waals surface area contributed by atoms with E-state index >= 15 is 0 Å². The van der Waals surface area contributed by atoms with Crippen LogP contribution in [0, 0.1) is 14.9 Å². The quantitative estimate of drug-likeness (QED) is 0.0134. The van der Waals surface area contributed by atoms with E-state index in [-0.39, 0.29) is 81.6 Å². The fourth-order valence-corrected chi connectivity index (χ4v) is 9.43. The monoisotopic (exact) mass is 1390 g/mol. The van der Waals surface area contributed by atoms with Gasteiger partial charge in [0.05, 0.1) is 51.3 Å². The summed E-state index contributed by atoms with van der Waals surface area (Å²) in [6.07, 6.45) is 8.51. The molecule has 6 N–H and O–H groups in total. The molecule has 0 fully saturated rings. The number of amides is 6. The number of aromatic nitrogens is 3. The number of halogens is 1. The number of esters is 3. The number of nitrogens with one attached hydrogen (secondary N) is 6. The first-order chi connectivity index (χ1) is 42.7. The van der Waals surface area contributed by atoms with E-state index in [1.807, 2.05) is 51.1 Å². The van der Waals surface area contributed by atoms with Crippen molar-refractivity contribution in [3.05, 3.63) is 63.9 Å². The number of ether oxygens (including phenoxy) is 5. The average Bonchev–Trinajstić information content (AvgIpc) is 4.21. The highest BCUT2D eigenvalue weighted by atomic mass is 127. The van der Waals surface area contributed by atoms with Crippen LogP contribution in [0.25, 0.3) is 11.3 Å². The van der Waals surface area contributed by atoms with Gasteiger partial charge in [0.15, 0.2) is 0 Å². The molecule has 0 aliphatic heterocycles. The van der Waals surface area contributed by atoms with E-state index in [0.717, 1.165) is 34.0 Å². The zero-order valence-corrected chi connectivity index (χ0v) is 58.1. The minimum atomic E-state index is -0.960. The third kappa shape index (κ3) is 37.3. The molecule has 0 spiro atoms. The van der Waals surface area contributed by atoms with Crippen LogP contribution in [0.4, 0.5) is 15.3 Å². The summed E-state index contributed by atoms with van der Waals surface area (Å²) in [5.41, 5.74) is 0.326. The second-order valence-electron chi connectivity index (χ2n) is 26.3. The lowest BCUT2D eigenvalue weighted by molar-refractivity contribution is -0.192. The number of anilines is 1. The van der Waals surface area contributed by atoms with Crippen molar-refractivity contribution in [1.82, 2.24) is 41.6 Å². The van der Waals surface area contributed by atoms with Gasteiger partial charge in [-0.2, -0.15) is 9.59 Å². The molecule has 0 saturated heterocycles. The van der Waals surface area contributed by atoms with Gasteiger partial charge in [0.1, 0.15) is 34.7 Å². The van der Waals surface area contributed by atoms with Crippen LogP contribution in [0.5, 0.6) is 0 Å². The van der Waals surface area contributed by atoms with Crippen molar-refractivity contribution in [1.29, 1.82) is 0 Å². The predicted molar refractivity (Wildman–Crippen MR) is 352 cm³/mol. The summed E-state index contributed by atoms with van der Waals surface area (Å²) in [7, 11) is 0. The van der Waals surface area contributed by atoms with Crippen molar-refractivity contribution >= 4 is 82.0 Å². The first kappa shape index (κ1) is 80.3. The highest BCUT2D eigenvalue weighted by molar-refractivity contribution is 14.1. The largest absolute Gasteiger partial charge is 0.460 e. The lowest BCUT2D eigenvalue weighted by Crippen LogP contribution is -2.53. The Morgan fingerprint density at radius 3 is 1.78 bits per heavy atom. The lowest BCUT2D eigenvalue weighted by Gasteiger charge is -2.32. The maximum atomic E-state index is 13.8. The number of benzene rings is 2. The van der Waals surface area contributed by atoms with Crippen LogP contribution >= 0.6 is 22.6 Å². The van der Waals surface area contributed by atoms with Gasteiger partial charge in [0, 0.05) is 59.1 Å². The summed E-state index contributed by atoms with van der Waals surface area (Å²) in [4.78, 5) is 121. The topological polar surface area (TPSA) is 320 Å². The van der Waals surface area contributed by atoms with Crippen LogP contribution in [-0.2, 0) is 75.0 Å². The lowest BCUT2D eigenvalue weighted by atomic mass is 9.84. The maximum Gasteiger partial charge on any atom is 0.373 e. The number of unbranched alkanes of at least 4 members (excludes halogenated alkanes) is 4. The third-order valence-corrected chi connectivity index (χ3v) is 14.2. The molecule has 0 unspecified atom stereocenters. The van der Waals surface area contributed by atoms with E-state index in [1.54, 1.807) is 91.4 Å². The normalized spacial score (nSPS) is 12.9. The van der Waals surface area contributed by atoms with Crippen LogP contribution < -0.4 is 31.9 Å². The minimum absolute atomic E-state index is 0.0154. The molecule has 1 heterocycles. The van der Waals surface area contributed by atoms with Crippen molar-refractivity contribution < 1.29 is 71.6 Å². The summed E-state index contributed by atoms with van der Waals surface area (Å²) >= 11 is 2.22. The second kappa shape index (κ2) is 41.6. The molecule has 0 saturated carbocycles. The number of urea groups is 2. The van der Waals surface area contributed by atoms with E-state index in [4.69, 9.17) is 33.3 Å². The Bertz CT molecular complexity index is 2760. The van der Waals surface area contributed by atoms with Gasteiger partial charge < -0.3 is 55.6 Å². The van der Waals surface area contributed by atoms with Gasteiger partial charge in [-0.1, -0.05) is 76.4 Å². The number of hydrogen-bond acceptors (Lipinski definition) is 17. The summed E-state index contributed by atoms with van der Waals surface area (Å²) in [6, 6.07) is 11.7. The Morgan fingerprint density at radius 2 is 1.20 bits per heavy atom. The third-order valence-electron chi connectivity index (χ3n) is 13.5. The van der Waals surface area contributed by atoms with Gasteiger partial charge in [0.25, 0.3) is 0 Å². The number of Topliss-reactive ketones (excluding diaryl/α,β-unsaturated/α-hetero) is 1.